The minimum Gasteiger partial charge on any atom is -0.497 e. The van der Waals surface area contributed by atoms with E-state index in [1.54, 1.807) is 30.7 Å². The van der Waals surface area contributed by atoms with Gasteiger partial charge < -0.3 is 20.1 Å². The summed E-state index contributed by atoms with van der Waals surface area (Å²) >= 11 is 1.56. The topological polar surface area (TPSA) is 90.3 Å². The molecule has 0 spiro atoms. The highest BCUT2D eigenvalue weighted by Gasteiger charge is 2.34. The average molecular weight is 528 g/mol. The van der Waals surface area contributed by atoms with Crippen molar-refractivity contribution in [2.24, 2.45) is 0 Å². The van der Waals surface area contributed by atoms with E-state index < -0.39 is 6.04 Å². The van der Waals surface area contributed by atoms with E-state index in [9.17, 15) is 4.79 Å². The summed E-state index contributed by atoms with van der Waals surface area (Å²) in [6.07, 6.45) is 0. The Morgan fingerprint density at radius 3 is 2.34 bits per heavy atom. The summed E-state index contributed by atoms with van der Waals surface area (Å²) in [7, 11) is 3.24. The van der Waals surface area contributed by atoms with Gasteiger partial charge >= 0.3 is 0 Å². The zero-order chi connectivity index (χ0) is 26.6. The van der Waals surface area contributed by atoms with Gasteiger partial charge in [-0.15, -0.1) is 5.10 Å². The number of anilines is 2. The monoisotopic (exact) mass is 527 g/mol. The van der Waals surface area contributed by atoms with Crippen LogP contribution >= 0.6 is 11.8 Å². The number of hydrogen-bond acceptors (Lipinski definition) is 7. The molecular weight excluding hydrogens is 498 g/mol. The number of rotatable bonds is 8. The summed E-state index contributed by atoms with van der Waals surface area (Å²) in [5.74, 6) is 2.57. The number of carbonyl (C=O) groups excluding carboxylic acids is 1. The third-order valence-corrected chi connectivity index (χ3v) is 7.22. The quantitative estimate of drug-likeness (QED) is 0.279. The average Bonchev–Trinajstić information content (AvgIpc) is 3.34. The molecule has 1 aliphatic rings. The van der Waals surface area contributed by atoms with Gasteiger partial charge in [-0.1, -0.05) is 53.7 Å². The third kappa shape index (κ3) is 5.38. The second-order valence-corrected chi connectivity index (χ2v) is 9.90. The maximum absolute atomic E-state index is 13.7. The van der Waals surface area contributed by atoms with Crippen molar-refractivity contribution in [3.05, 3.63) is 101 Å². The first kappa shape index (κ1) is 25.4. The van der Waals surface area contributed by atoms with Crippen LogP contribution in [0.4, 0.5) is 11.6 Å². The Balaban J connectivity index is 1.47. The van der Waals surface area contributed by atoms with Crippen LogP contribution in [0.1, 0.15) is 29.7 Å². The molecule has 0 bridgehead atoms. The van der Waals surface area contributed by atoms with Crippen LogP contribution in [0.2, 0.25) is 0 Å². The van der Waals surface area contributed by atoms with Crippen LogP contribution in [0.5, 0.6) is 11.5 Å². The lowest BCUT2D eigenvalue weighted by Gasteiger charge is -2.28. The lowest BCUT2D eigenvalue weighted by molar-refractivity contribution is -0.113. The number of fused-ring (bicyclic) bond motifs is 1. The highest BCUT2D eigenvalue weighted by atomic mass is 32.2. The van der Waals surface area contributed by atoms with Crippen molar-refractivity contribution in [1.29, 1.82) is 0 Å². The number of benzene rings is 3. The van der Waals surface area contributed by atoms with Gasteiger partial charge in [-0.2, -0.15) is 4.98 Å². The first-order valence-corrected chi connectivity index (χ1v) is 13.2. The fourth-order valence-electron chi connectivity index (χ4n) is 4.40. The van der Waals surface area contributed by atoms with E-state index in [0.29, 0.717) is 28.1 Å². The molecule has 8 nitrogen and oxygen atoms in total. The van der Waals surface area contributed by atoms with E-state index in [2.05, 4.69) is 41.8 Å². The van der Waals surface area contributed by atoms with Crippen LogP contribution in [-0.2, 0) is 10.5 Å². The number of allylic oxidation sites excluding steroid dienone is 1. The second-order valence-electron chi connectivity index (χ2n) is 8.96. The first-order valence-electron chi connectivity index (χ1n) is 12.2. The highest BCUT2D eigenvalue weighted by molar-refractivity contribution is 7.98. The van der Waals surface area contributed by atoms with Gasteiger partial charge in [-0.3, -0.25) is 4.79 Å². The van der Waals surface area contributed by atoms with Crippen molar-refractivity contribution < 1.29 is 14.3 Å². The summed E-state index contributed by atoms with van der Waals surface area (Å²) < 4.78 is 12.4. The van der Waals surface area contributed by atoms with Crippen LogP contribution in [0.25, 0.3) is 0 Å². The molecule has 1 aromatic heterocycles. The summed E-state index contributed by atoms with van der Waals surface area (Å²) in [6.45, 7) is 3.97. The number of nitrogens with one attached hydrogen (secondary N) is 2. The van der Waals surface area contributed by atoms with Gasteiger partial charge in [0, 0.05) is 17.1 Å². The summed E-state index contributed by atoms with van der Waals surface area (Å²) in [4.78, 5) is 18.4. The second kappa shape index (κ2) is 11.0. The molecule has 1 atom stereocenters. The van der Waals surface area contributed by atoms with Crippen LogP contribution in [0.3, 0.4) is 0 Å². The van der Waals surface area contributed by atoms with Crippen molar-refractivity contribution in [3.8, 4) is 11.5 Å². The molecule has 38 heavy (non-hydrogen) atoms. The minimum atomic E-state index is -0.476. The molecule has 0 saturated carbocycles. The molecule has 0 radical (unpaired) electrons. The van der Waals surface area contributed by atoms with E-state index in [1.165, 1.54) is 11.1 Å². The molecule has 2 heterocycles. The number of carbonyl (C=O) groups is 1. The van der Waals surface area contributed by atoms with Crippen LogP contribution in [0, 0.1) is 6.92 Å². The van der Waals surface area contributed by atoms with Crippen LogP contribution < -0.4 is 20.1 Å². The molecule has 1 aliphatic heterocycles. The van der Waals surface area contributed by atoms with Crippen LogP contribution in [0.15, 0.2) is 89.2 Å². The lowest BCUT2D eigenvalue weighted by Crippen LogP contribution is -2.31. The molecule has 3 aromatic carbocycles. The number of nitrogens with zero attached hydrogens (tertiary/aromatic N) is 3. The Morgan fingerprint density at radius 1 is 1.00 bits per heavy atom. The zero-order valence-corrected chi connectivity index (χ0v) is 22.5. The molecular formula is C29H29N5O3S. The van der Waals surface area contributed by atoms with Gasteiger partial charge in [-0.25, -0.2) is 4.68 Å². The van der Waals surface area contributed by atoms with Crippen LogP contribution in [-0.4, -0.2) is 34.9 Å². The van der Waals surface area contributed by atoms with E-state index in [-0.39, 0.29) is 5.91 Å². The first-order chi connectivity index (χ1) is 18.4. The van der Waals surface area contributed by atoms with Crippen molar-refractivity contribution in [3.63, 3.8) is 0 Å². The van der Waals surface area contributed by atoms with Gasteiger partial charge in [-0.05, 0) is 61.4 Å². The highest BCUT2D eigenvalue weighted by Crippen LogP contribution is 2.37. The molecule has 4 aromatic rings. The summed E-state index contributed by atoms with van der Waals surface area (Å²) in [6, 6.07) is 22.8. The fourth-order valence-corrected chi connectivity index (χ4v) is 5.18. The van der Waals surface area contributed by atoms with Gasteiger partial charge in [0.05, 0.1) is 19.8 Å². The Kier molecular flexibility index (Phi) is 7.37. The Labute approximate surface area is 226 Å². The number of methoxy groups -OCH3 is 2. The van der Waals surface area contributed by atoms with E-state index in [0.717, 1.165) is 22.8 Å². The molecule has 5 rings (SSSR count). The third-order valence-electron chi connectivity index (χ3n) is 6.31. The Hall–Kier alpha value is -4.24. The van der Waals surface area contributed by atoms with Crippen molar-refractivity contribution in [2.75, 3.05) is 24.9 Å². The van der Waals surface area contributed by atoms with Crippen molar-refractivity contribution >= 4 is 29.3 Å². The van der Waals surface area contributed by atoms with Crippen molar-refractivity contribution in [1.82, 2.24) is 14.8 Å². The standard InChI is InChI=1S/C29H29N5O3S/c1-18-6-5-7-20(16-18)17-38-29-32-28-30-19(2)25(27(35)31-22-10-14-24(37-4)15-11-22)26(34(28)33-29)21-8-12-23(36-3)13-9-21/h5-16,26H,17H2,1-4H3,(H,31,35)(H,30,32,33). The van der Waals surface area contributed by atoms with Gasteiger partial charge in [0.15, 0.2) is 0 Å². The van der Waals surface area contributed by atoms with Crippen molar-refractivity contribution in [2.45, 2.75) is 30.8 Å². The molecule has 0 fully saturated rings. The summed E-state index contributed by atoms with van der Waals surface area (Å²) in [5, 5.41) is 11.8. The number of aryl methyl sites for hydroxylation is 1. The van der Waals surface area contributed by atoms with Gasteiger partial charge in [0.2, 0.25) is 11.1 Å². The number of amides is 1. The predicted octanol–water partition coefficient (Wildman–Crippen LogP) is 5.82. The van der Waals surface area contributed by atoms with Gasteiger partial charge in [0.25, 0.3) is 5.91 Å². The zero-order valence-electron chi connectivity index (χ0n) is 21.7. The largest absolute Gasteiger partial charge is 0.497 e. The number of ether oxygens (including phenoxy) is 2. The number of hydrogen-bond donors (Lipinski definition) is 2. The van der Waals surface area contributed by atoms with E-state index >= 15 is 0 Å². The normalized spacial score (nSPS) is 14.5. The maximum Gasteiger partial charge on any atom is 0.255 e. The fraction of sp³-hybridized carbons (Fsp3) is 0.207. The van der Waals surface area contributed by atoms with Gasteiger partial charge in [0.1, 0.15) is 17.5 Å². The SMILES string of the molecule is COc1ccc(NC(=O)C2=C(C)Nc3nc(SCc4cccc(C)c4)nn3C2c2ccc(OC)cc2)cc1. The molecule has 1 amide bonds. The molecule has 0 saturated heterocycles. The molecule has 2 N–H and O–H groups in total. The van der Waals surface area contributed by atoms with E-state index in [4.69, 9.17) is 19.6 Å². The molecule has 194 valence electrons. The lowest BCUT2D eigenvalue weighted by atomic mass is 9.95. The predicted molar refractivity (Wildman–Crippen MR) is 150 cm³/mol. The smallest absolute Gasteiger partial charge is 0.255 e. The van der Waals surface area contributed by atoms with E-state index in [1.807, 2.05) is 55.5 Å². The maximum atomic E-state index is 13.7. The summed E-state index contributed by atoms with van der Waals surface area (Å²) in [5.41, 5.74) is 5.26. The minimum absolute atomic E-state index is 0.226. The number of aromatic nitrogens is 3. The number of thioether (sulfide) groups is 1. The molecule has 9 heteroatoms. The molecule has 1 unspecified atom stereocenters. The molecule has 0 aliphatic carbocycles. The Morgan fingerprint density at radius 2 is 1.68 bits per heavy atom. The Bertz CT molecular complexity index is 1480.